The maximum absolute atomic E-state index is 13.0. The van der Waals surface area contributed by atoms with Crippen molar-refractivity contribution in [2.75, 3.05) is 62.2 Å². The van der Waals surface area contributed by atoms with Crippen LogP contribution in [-0.4, -0.2) is 62.7 Å². The van der Waals surface area contributed by atoms with Gasteiger partial charge < -0.3 is 43.2 Å². The zero-order valence-corrected chi connectivity index (χ0v) is 24.4. The summed E-state index contributed by atoms with van der Waals surface area (Å²) in [6.07, 6.45) is 6.70. The molecule has 218 valence electrons. The molecule has 10 nitrogen and oxygen atoms in total. The summed E-state index contributed by atoms with van der Waals surface area (Å²) in [4.78, 5) is 13.0. The van der Waals surface area contributed by atoms with Crippen LogP contribution in [0.5, 0.6) is 46.0 Å². The van der Waals surface area contributed by atoms with E-state index in [2.05, 4.69) is 5.32 Å². The van der Waals surface area contributed by atoms with Crippen molar-refractivity contribution in [2.45, 2.75) is 0 Å². The van der Waals surface area contributed by atoms with E-state index >= 15 is 0 Å². The van der Waals surface area contributed by atoms with Gasteiger partial charge in [-0.15, -0.1) is 0 Å². The molecule has 3 rings (SSSR count). The Balaban J connectivity index is 1.97. The molecule has 0 fully saturated rings. The maximum atomic E-state index is 13.0. The molecule has 0 spiro atoms. The Hall–Kier alpha value is -4.99. The van der Waals surface area contributed by atoms with Crippen molar-refractivity contribution in [3.63, 3.8) is 0 Å². The molecule has 0 radical (unpaired) electrons. The van der Waals surface area contributed by atoms with Crippen LogP contribution < -0.4 is 43.2 Å². The van der Waals surface area contributed by atoms with E-state index in [1.807, 2.05) is 30.4 Å². The molecule has 0 heterocycles. The summed E-state index contributed by atoms with van der Waals surface area (Å²) in [5.41, 5.74) is 2.52. The Morgan fingerprint density at radius 1 is 0.585 bits per heavy atom. The topological polar surface area (TPSA) is 103 Å². The summed E-state index contributed by atoms with van der Waals surface area (Å²) in [5.74, 6) is 3.42. The van der Waals surface area contributed by atoms with Crippen LogP contribution in [0.25, 0.3) is 12.2 Å². The summed E-state index contributed by atoms with van der Waals surface area (Å²) < 4.78 is 43.5. The molecule has 1 N–H and O–H groups in total. The third-order valence-electron chi connectivity index (χ3n) is 6.13. The molecule has 3 aromatic carbocycles. The number of anilines is 1. The SMILES string of the molecule is COc1cc(C=Cc2ccc(OC)c(OC)c2NC=CC(=O)c2cc(OC)c(OC)c(OC)c2)cc(OC)c1OC. The number of hydrogen-bond acceptors (Lipinski definition) is 10. The lowest BCUT2D eigenvalue weighted by atomic mass is 10.1. The number of rotatable bonds is 14. The predicted octanol–water partition coefficient (Wildman–Crippen LogP) is 5.73. The summed E-state index contributed by atoms with van der Waals surface area (Å²) in [5, 5.41) is 3.17. The standard InChI is InChI=1S/C31H35NO9/c1-34-23-12-11-20(10-9-19-15-24(35-2)29(39-6)25(16-19)36-3)28(31(23)41-8)32-14-13-22(33)21-17-26(37-4)30(40-7)27(18-21)38-5/h9-18,32H,1-8H3. The zero-order valence-electron chi connectivity index (χ0n) is 24.4. The van der Waals surface area contributed by atoms with Crippen LogP contribution in [0.4, 0.5) is 5.69 Å². The fourth-order valence-electron chi connectivity index (χ4n) is 4.13. The molecule has 3 aromatic rings. The Kier molecular flexibility index (Phi) is 10.7. The third kappa shape index (κ3) is 6.78. The largest absolute Gasteiger partial charge is 0.493 e. The summed E-state index contributed by atoms with van der Waals surface area (Å²) in [6, 6.07) is 10.5. The van der Waals surface area contributed by atoms with Crippen LogP contribution in [0, 0.1) is 0 Å². The summed E-state index contributed by atoms with van der Waals surface area (Å²) in [7, 11) is 12.3. The van der Waals surface area contributed by atoms with Gasteiger partial charge in [0.15, 0.2) is 40.3 Å². The first kappa shape index (κ1) is 30.6. The van der Waals surface area contributed by atoms with Crippen LogP contribution in [0.3, 0.4) is 0 Å². The van der Waals surface area contributed by atoms with Crippen molar-refractivity contribution in [1.29, 1.82) is 0 Å². The number of carbonyl (C=O) groups is 1. The van der Waals surface area contributed by atoms with Gasteiger partial charge in [-0.3, -0.25) is 4.79 Å². The lowest BCUT2D eigenvalue weighted by molar-refractivity contribution is 0.104. The predicted molar refractivity (Wildman–Crippen MR) is 158 cm³/mol. The Morgan fingerprint density at radius 2 is 1.07 bits per heavy atom. The van der Waals surface area contributed by atoms with Gasteiger partial charge in [0.05, 0.1) is 62.6 Å². The second-order valence-electron chi connectivity index (χ2n) is 8.31. The van der Waals surface area contributed by atoms with Gasteiger partial charge in [0.2, 0.25) is 11.5 Å². The van der Waals surface area contributed by atoms with E-state index in [-0.39, 0.29) is 5.78 Å². The van der Waals surface area contributed by atoms with Crippen LogP contribution in [-0.2, 0) is 0 Å². The minimum absolute atomic E-state index is 0.284. The van der Waals surface area contributed by atoms with E-state index in [1.54, 1.807) is 53.7 Å². The normalized spacial score (nSPS) is 10.8. The van der Waals surface area contributed by atoms with Gasteiger partial charge in [-0.2, -0.15) is 0 Å². The Morgan fingerprint density at radius 3 is 1.54 bits per heavy atom. The number of hydrogen-bond donors (Lipinski definition) is 1. The first-order valence-electron chi connectivity index (χ1n) is 12.4. The van der Waals surface area contributed by atoms with E-state index in [0.29, 0.717) is 57.2 Å². The van der Waals surface area contributed by atoms with Gasteiger partial charge in [0.25, 0.3) is 0 Å². The van der Waals surface area contributed by atoms with E-state index in [9.17, 15) is 4.79 Å². The number of carbonyl (C=O) groups excluding carboxylic acids is 1. The van der Waals surface area contributed by atoms with Crippen molar-refractivity contribution >= 4 is 23.6 Å². The average molecular weight is 566 g/mol. The summed E-state index contributed by atoms with van der Waals surface area (Å²) in [6.45, 7) is 0. The van der Waals surface area contributed by atoms with Crippen molar-refractivity contribution < 1.29 is 42.7 Å². The molecule has 0 aliphatic carbocycles. The van der Waals surface area contributed by atoms with Crippen LogP contribution >= 0.6 is 0 Å². The molecular formula is C31H35NO9. The molecular weight excluding hydrogens is 530 g/mol. The molecule has 0 unspecified atom stereocenters. The number of nitrogens with one attached hydrogen (secondary N) is 1. The second-order valence-corrected chi connectivity index (χ2v) is 8.31. The number of allylic oxidation sites excluding steroid dienone is 1. The second kappa shape index (κ2) is 14.4. The van der Waals surface area contributed by atoms with Gasteiger partial charge in [-0.25, -0.2) is 0 Å². The van der Waals surface area contributed by atoms with E-state index in [0.717, 1.165) is 11.1 Å². The van der Waals surface area contributed by atoms with Crippen LogP contribution in [0.1, 0.15) is 21.5 Å². The third-order valence-corrected chi connectivity index (χ3v) is 6.13. The number of benzene rings is 3. The van der Waals surface area contributed by atoms with Gasteiger partial charge in [-0.05, 0) is 42.0 Å². The number of methoxy groups -OCH3 is 8. The van der Waals surface area contributed by atoms with E-state index in [4.69, 9.17) is 37.9 Å². The van der Waals surface area contributed by atoms with Crippen molar-refractivity contribution in [3.05, 3.63) is 65.4 Å². The van der Waals surface area contributed by atoms with Crippen molar-refractivity contribution in [1.82, 2.24) is 0 Å². The molecule has 0 aliphatic rings. The molecule has 0 saturated heterocycles. The monoisotopic (exact) mass is 565 g/mol. The Labute approximate surface area is 240 Å². The van der Waals surface area contributed by atoms with Gasteiger partial charge in [0.1, 0.15) is 0 Å². The lowest BCUT2D eigenvalue weighted by Gasteiger charge is -2.16. The smallest absolute Gasteiger partial charge is 0.203 e. The minimum atomic E-state index is -0.284. The fourth-order valence-corrected chi connectivity index (χ4v) is 4.13. The van der Waals surface area contributed by atoms with Crippen molar-refractivity contribution in [3.8, 4) is 46.0 Å². The zero-order chi connectivity index (χ0) is 29.9. The first-order chi connectivity index (χ1) is 19.9. The molecule has 41 heavy (non-hydrogen) atoms. The quantitative estimate of drug-likeness (QED) is 0.148. The highest BCUT2D eigenvalue weighted by Gasteiger charge is 2.17. The number of ketones is 1. The van der Waals surface area contributed by atoms with Crippen LogP contribution in [0.2, 0.25) is 0 Å². The minimum Gasteiger partial charge on any atom is -0.493 e. The summed E-state index contributed by atoms with van der Waals surface area (Å²) >= 11 is 0. The van der Waals surface area contributed by atoms with E-state index < -0.39 is 0 Å². The average Bonchev–Trinajstić information content (AvgIpc) is 3.01. The highest BCUT2D eigenvalue weighted by atomic mass is 16.5. The highest BCUT2D eigenvalue weighted by Crippen LogP contribution is 2.41. The van der Waals surface area contributed by atoms with Gasteiger partial charge in [-0.1, -0.05) is 12.2 Å². The molecule has 0 bridgehead atoms. The number of ether oxygens (including phenoxy) is 8. The molecule has 0 aromatic heterocycles. The van der Waals surface area contributed by atoms with Crippen molar-refractivity contribution in [2.24, 2.45) is 0 Å². The first-order valence-corrected chi connectivity index (χ1v) is 12.4. The molecule has 0 atom stereocenters. The lowest BCUT2D eigenvalue weighted by Crippen LogP contribution is -2.02. The molecule has 10 heteroatoms. The fraction of sp³-hybridized carbons (Fsp3) is 0.258. The highest BCUT2D eigenvalue weighted by molar-refractivity contribution is 6.05. The van der Waals surface area contributed by atoms with Gasteiger partial charge >= 0.3 is 0 Å². The van der Waals surface area contributed by atoms with Crippen LogP contribution in [0.15, 0.2) is 48.7 Å². The molecule has 0 saturated carbocycles. The van der Waals surface area contributed by atoms with Gasteiger partial charge in [0, 0.05) is 23.4 Å². The molecule has 0 aliphatic heterocycles. The molecule has 0 amide bonds. The Bertz CT molecular complexity index is 1380. The van der Waals surface area contributed by atoms with E-state index in [1.165, 1.54) is 33.6 Å². The maximum Gasteiger partial charge on any atom is 0.203 e.